The van der Waals surface area contributed by atoms with Crippen LogP contribution in [0.4, 0.5) is 0 Å². The van der Waals surface area contributed by atoms with Gasteiger partial charge in [0.15, 0.2) is 5.82 Å². The number of rotatable bonds is 4. The lowest BCUT2D eigenvalue weighted by atomic mass is 10.2. The minimum atomic E-state index is 0.682. The molecule has 4 heteroatoms. The summed E-state index contributed by atoms with van der Waals surface area (Å²) in [5.41, 5.74) is 0.816. The molecule has 15 heavy (non-hydrogen) atoms. The van der Waals surface area contributed by atoms with Gasteiger partial charge in [0.25, 0.3) is 0 Å². The van der Waals surface area contributed by atoms with Crippen LogP contribution in [0.3, 0.4) is 0 Å². The molecule has 2 aromatic rings. The zero-order valence-electron chi connectivity index (χ0n) is 8.77. The number of aryl methyl sites for hydroxylation is 1. The van der Waals surface area contributed by atoms with Gasteiger partial charge in [-0.05, 0) is 18.6 Å². The van der Waals surface area contributed by atoms with E-state index in [0.717, 1.165) is 24.4 Å². The highest BCUT2D eigenvalue weighted by atomic mass is 15.2. The zero-order valence-corrected chi connectivity index (χ0v) is 8.77. The molecule has 0 aromatic carbocycles. The van der Waals surface area contributed by atoms with Gasteiger partial charge >= 0.3 is 0 Å². The van der Waals surface area contributed by atoms with Crippen LogP contribution in [0.5, 0.6) is 0 Å². The monoisotopic (exact) mass is 202 g/mol. The van der Waals surface area contributed by atoms with E-state index in [0.29, 0.717) is 5.82 Å². The highest BCUT2D eigenvalue weighted by molar-refractivity contribution is 5.47. The predicted molar refractivity (Wildman–Crippen MR) is 58.2 cm³/mol. The fourth-order valence-corrected chi connectivity index (χ4v) is 1.36. The minimum Gasteiger partial charge on any atom is -0.263 e. The first kappa shape index (κ1) is 9.83. The summed E-state index contributed by atoms with van der Waals surface area (Å²) in [5, 5.41) is 7.08. The van der Waals surface area contributed by atoms with Gasteiger partial charge in [-0.25, -0.2) is 4.98 Å². The van der Waals surface area contributed by atoms with Crippen LogP contribution in [-0.4, -0.2) is 20.2 Å². The fourth-order valence-electron chi connectivity index (χ4n) is 1.36. The van der Waals surface area contributed by atoms with E-state index in [1.165, 1.54) is 6.42 Å². The van der Waals surface area contributed by atoms with Crippen molar-refractivity contribution in [3.8, 4) is 11.5 Å². The van der Waals surface area contributed by atoms with E-state index in [1.54, 1.807) is 6.20 Å². The van der Waals surface area contributed by atoms with Gasteiger partial charge in [0.05, 0.1) is 0 Å². The van der Waals surface area contributed by atoms with Crippen molar-refractivity contribution < 1.29 is 0 Å². The number of nitrogens with one attached hydrogen (secondary N) is 1. The van der Waals surface area contributed by atoms with Gasteiger partial charge < -0.3 is 0 Å². The maximum absolute atomic E-state index is 4.39. The molecule has 0 aliphatic heterocycles. The number of aromatic amines is 1. The van der Waals surface area contributed by atoms with Crippen molar-refractivity contribution in [2.45, 2.75) is 26.2 Å². The van der Waals surface area contributed by atoms with Gasteiger partial charge in [-0.3, -0.25) is 10.1 Å². The van der Waals surface area contributed by atoms with E-state index in [2.05, 4.69) is 27.1 Å². The van der Waals surface area contributed by atoms with Crippen molar-refractivity contribution in [1.82, 2.24) is 20.2 Å². The van der Waals surface area contributed by atoms with Crippen LogP contribution in [0, 0.1) is 0 Å². The van der Waals surface area contributed by atoms with Crippen molar-refractivity contribution >= 4 is 0 Å². The highest BCUT2D eigenvalue weighted by Gasteiger charge is 2.05. The minimum absolute atomic E-state index is 0.682. The summed E-state index contributed by atoms with van der Waals surface area (Å²) in [7, 11) is 0. The molecule has 4 nitrogen and oxygen atoms in total. The first-order valence-electron chi connectivity index (χ1n) is 5.23. The Morgan fingerprint density at radius 3 is 3.00 bits per heavy atom. The molecule has 0 fully saturated rings. The summed E-state index contributed by atoms with van der Waals surface area (Å²) >= 11 is 0. The summed E-state index contributed by atoms with van der Waals surface area (Å²) in [6.45, 7) is 2.16. The molecule has 0 saturated carbocycles. The summed E-state index contributed by atoms with van der Waals surface area (Å²) in [5.74, 6) is 1.62. The molecule has 0 spiro atoms. The largest absolute Gasteiger partial charge is 0.263 e. The number of unbranched alkanes of at least 4 members (excludes halogenated alkanes) is 1. The molecule has 0 radical (unpaired) electrons. The number of H-pyrrole nitrogens is 1. The van der Waals surface area contributed by atoms with E-state index in [-0.39, 0.29) is 0 Å². The van der Waals surface area contributed by atoms with E-state index in [1.807, 2.05) is 18.2 Å². The maximum atomic E-state index is 4.39. The van der Waals surface area contributed by atoms with E-state index in [4.69, 9.17) is 0 Å². The molecular weight excluding hydrogens is 188 g/mol. The quantitative estimate of drug-likeness (QED) is 0.827. The molecule has 78 valence electrons. The Kier molecular flexibility index (Phi) is 3.07. The molecule has 1 N–H and O–H groups in total. The fraction of sp³-hybridized carbons (Fsp3) is 0.364. The van der Waals surface area contributed by atoms with Crippen LogP contribution >= 0.6 is 0 Å². The summed E-state index contributed by atoms with van der Waals surface area (Å²) in [6.07, 6.45) is 5.00. The van der Waals surface area contributed by atoms with Gasteiger partial charge in [-0.15, -0.1) is 0 Å². The molecule has 0 atom stereocenters. The summed E-state index contributed by atoms with van der Waals surface area (Å²) in [4.78, 5) is 8.59. The smallest absolute Gasteiger partial charge is 0.199 e. The number of hydrogen-bond acceptors (Lipinski definition) is 3. The van der Waals surface area contributed by atoms with Crippen LogP contribution in [0.1, 0.15) is 25.6 Å². The van der Waals surface area contributed by atoms with Gasteiger partial charge in [-0.1, -0.05) is 19.4 Å². The average molecular weight is 202 g/mol. The Bertz CT molecular complexity index is 408. The first-order valence-corrected chi connectivity index (χ1v) is 5.23. The molecule has 0 aliphatic carbocycles. The van der Waals surface area contributed by atoms with Crippen LogP contribution in [0.2, 0.25) is 0 Å². The normalized spacial score (nSPS) is 10.5. The van der Waals surface area contributed by atoms with E-state index >= 15 is 0 Å². The second-order valence-electron chi connectivity index (χ2n) is 3.42. The number of nitrogens with zero attached hydrogens (tertiary/aromatic N) is 3. The lowest BCUT2D eigenvalue weighted by Crippen LogP contribution is -1.87. The van der Waals surface area contributed by atoms with Crippen molar-refractivity contribution in [2.24, 2.45) is 0 Å². The van der Waals surface area contributed by atoms with Crippen molar-refractivity contribution in [3.05, 3.63) is 30.2 Å². The van der Waals surface area contributed by atoms with Gasteiger partial charge in [-0.2, -0.15) is 5.10 Å². The van der Waals surface area contributed by atoms with Crippen molar-refractivity contribution in [2.75, 3.05) is 0 Å². The molecular formula is C11H14N4. The standard InChI is InChI=1S/C11H14N4/c1-2-3-7-10-13-11(15-14-10)9-6-4-5-8-12-9/h4-6,8H,2-3,7H2,1H3,(H,13,14,15). The Balaban J connectivity index is 2.14. The third-order valence-electron chi connectivity index (χ3n) is 2.19. The second-order valence-corrected chi connectivity index (χ2v) is 3.42. The molecule has 0 aliphatic rings. The Morgan fingerprint density at radius 1 is 1.33 bits per heavy atom. The lowest BCUT2D eigenvalue weighted by molar-refractivity contribution is 0.756. The van der Waals surface area contributed by atoms with Crippen LogP contribution < -0.4 is 0 Å². The molecule has 0 amide bonds. The predicted octanol–water partition coefficient (Wildman–Crippen LogP) is 2.21. The number of aromatic nitrogens is 4. The summed E-state index contributed by atoms with van der Waals surface area (Å²) < 4.78 is 0. The van der Waals surface area contributed by atoms with E-state index < -0.39 is 0 Å². The Hall–Kier alpha value is -1.71. The third-order valence-corrected chi connectivity index (χ3v) is 2.19. The van der Waals surface area contributed by atoms with Crippen molar-refractivity contribution in [1.29, 1.82) is 0 Å². The highest BCUT2D eigenvalue weighted by Crippen LogP contribution is 2.10. The van der Waals surface area contributed by atoms with Crippen LogP contribution in [0.25, 0.3) is 11.5 Å². The van der Waals surface area contributed by atoms with Gasteiger partial charge in [0.2, 0.25) is 0 Å². The van der Waals surface area contributed by atoms with Gasteiger partial charge in [0.1, 0.15) is 11.5 Å². The maximum Gasteiger partial charge on any atom is 0.199 e. The Morgan fingerprint density at radius 2 is 2.27 bits per heavy atom. The SMILES string of the molecule is CCCCc1nc(-c2ccccn2)n[nH]1. The molecule has 2 rings (SSSR count). The van der Waals surface area contributed by atoms with Crippen LogP contribution in [0.15, 0.2) is 24.4 Å². The topological polar surface area (TPSA) is 54.5 Å². The molecule has 0 saturated heterocycles. The van der Waals surface area contributed by atoms with E-state index in [9.17, 15) is 0 Å². The van der Waals surface area contributed by atoms with Crippen molar-refractivity contribution in [3.63, 3.8) is 0 Å². The second kappa shape index (κ2) is 4.68. The number of pyridine rings is 1. The number of hydrogen-bond donors (Lipinski definition) is 1. The molecule has 0 bridgehead atoms. The van der Waals surface area contributed by atoms with Gasteiger partial charge in [0, 0.05) is 12.6 Å². The first-order chi connectivity index (χ1) is 7.40. The lowest BCUT2D eigenvalue weighted by Gasteiger charge is -1.92. The third kappa shape index (κ3) is 2.40. The zero-order chi connectivity index (χ0) is 10.5. The van der Waals surface area contributed by atoms with Crippen LogP contribution in [-0.2, 0) is 6.42 Å². The molecule has 0 unspecified atom stereocenters. The molecule has 2 heterocycles. The average Bonchev–Trinajstić information content (AvgIpc) is 2.76. The molecule has 2 aromatic heterocycles. The Labute approximate surface area is 88.8 Å². The summed E-state index contributed by atoms with van der Waals surface area (Å²) in [6, 6.07) is 5.73.